The van der Waals surface area contributed by atoms with Gasteiger partial charge in [-0.2, -0.15) is 0 Å². The number of aliphatic hydroxyl groups excluding tert-OH is 1. The van der Waals surface area contributed by atoms with Crippen molar-refractivity contribution in [2.24, 2.45) is 0 Å². The maximum atomic E-state index is 11.6. The summed E-state index contributed by atoms with van der Waals surface area (Å²) in [5, 5.41) is 12.3. The minimum absolute atomic E-state index is 0.0572. The first-order valence-corrected chi connectivity index (χ1v) is 5.99. The number of hydrogen-bond donors (Lipinski definition) is 2. The van der Waals surface area contributed by atoms with Gasteiger partial charge in [-0.3, -0.25) is 4.79 Å². The van der Waals surface area contributed by atoms with E-state index < -0.39 is 0 Å². The molecule has 2 N–H and O–H groups in total. The summed E-state index contributed by atoms with van der Waals surface area (Å²) in [4.78, 5) is 11.6. The number of carbonyl (C=O) groups is 1. The van der Waals surface area contributed by atoms with Crippen LogP contribution < -0.4 is 5.32 Å². The molecule has 1 heterocycles. The van der Waals surface area contributed by atoms with E-state index in [0.29, 0.717) is 11.5 Å². The number of hydrogen-bond acceptors (Lipinski definition) is 4. The van der Waals surface area contributed by atoms with Gasteiger partial charge in [0.1, 0.15) is 0 Å². The number of thioether (sulfide) groups is 1. The van der Waals surface area contributed by atoms with Crippen LogP contribution in [0.1, 0.15) is 23.9 Å². The van der Waals surface area contributed by atoms with Crippen LogP contribution in [0.5, 0.6) is 0 Å². The molecule has 0 aliphatic rings. The first kappa shape index (κ1) is 12.1. The number of furan rings is 1. The largest absolute Gasteiger partial charge is 0.445 e. The van der Waals surface area contributed by atoms with Crippen LogP contribution in [0.3, 0.4) is 0 Å². The second-order valence-corrected chi connectivity index (χ2v) is 3.89. The normalized spacial score (nSPS) is 12.5. The van der Waals surface area contributed by atoms with Crippen LogP contribution in [0.2, 0.25) is 0 Å². The van der Waals surface area contributed by atoms with E-state index in [-0.39, 0.29) is 24.3 Å². The third-order valence-corrected chi connectivity index (χ3v) is 2.68. The second-order valence-electron chi connectivity index (χ2n) is 3.08. The maximum absolute atomic E-state index is 11.6. The summed E-state index contributed by atoms with van der Waals surface area (Å²) in [6.45, 7) is 1.84. The van der Waals surface area contributed by atoms with E-state index >= 15 is 0 Å². The maximum Gasteiger partial charge on any atom is 0.287 e. The topological polar surface area (TPSA) is 62.5 Å². The van der Waals surface area contributed by atoms with Crippen molar-refractivity contribution in [1.29, 1.82) is 0 Å². The minimum Gasteiger partial charge on any atom is -0.445 e. The van der Waals surface area contributed by atoms with Gasteiger partial charge in [0.2, 0.25) is 0 Å². The second kappa shape index (κ2) is 5.82. The van der Waals surface area contributed by atoms with Gasteiger partial charge in [-0.05, 0) is 24.8 Å². The zero-order chi connectivity index (χ0) is 11.3. The van der Waals surface area contributed by atoms with E-state index in [0.717, 1.165) is 0 Å². The van der Waals surface area contributed by atoms with Crippen molar-refractivity contribution in [1.82, 2.24) is 5.32 Å². The molecule has 0 aromatic carbocycles. The average Bonchev–Trinajstić information content (AvgIpc) is 2.74. The first-order valence-electron chi connectivity index (χ1n) is 4.76. The van der Waals surface area contributed by atoms with E-state index in [1.807, 2.05) is 13.2 Å². The number of nitrogens with one attached hydrogen (secondary N) is 1. The lowest BCUT2D eigenvalue weighted by Crippen LogP contribution is -2.36. The molecule has 15 heavy (non-hydrogen) atoms. The minimum atomic E-state index is -0.281. The van der Waals surface area contributed by atoms with Gasteiger partial charge in [-0.25, -0.2) is 0 Å². The summed E-state index contributed by atoms with van der Waals surface area (Å²) in [6.07, 6.45) is 2.57. The van der Waals surface area contributed by atoms with Crippen molar-refractivity contribution < 1.29 is 14.3 Å². The molecule has 0 fully saturated rings. The van der Waals surface area contributed by atoms with Gasteiger partial charge in [0, 0.05) is 0 Å². The van der Waals surface area contributed by atoms with Gasteiger partial charge in [-0.15, -0.1) is 0 Å². The van der Waals surface area contributed by atoms with Crippen molar-refractivity contribution >= 4 is 17.7 Å². The highest BCUT2D eigenvalue weighted by Gasteiger charge is 2.14. The average molecular weight is 229 g/mol. The van der Waals surface area contributed by atoms with Crippen LogP contribution in [0.15, 0.2) is 21.6 Å². The Balaban J connectivity index is 2.60. The van der Waals surface area contributed by atoms with E-state index in [9.17, 15) is 4.79 Å². The molecule has 0 aliphatic carbocycles. The third kappa shape index (κ3) is 3.28. The number of carbonyl (C=O) groups excluding carboxylic acids is 1. The predicted octanol–water partition coefficient (Wildman–Crippen LogP) is 1.50. The van der Waals surface area contributed by atoms with Crippen molar-refractivity contribution in [3.8, 4) is 0 Å². The SMILES string of the molecule is CCC(CO)NC(=O)c1ccc(SC)o1. The molecular weight excluding hydrogens is 214 g/mol. The Kier molecular flexibility index (Phi) is 4.71. The van der Waals surface area contributed by atoms with Crippen LogP contribution >= 0.6 is 11.8 Å². The number of aliphatic hydroxyl groups is 1. The van der Waals surface area contributed by atoms with Gasteiger partial charge in [0.05, 0.1) is 12.6 Å². The Bertz CT molecular complexity index is 320. The van der Waals surface area contributed by atoms with Crippen molar-refractivity contribution in [3.05, 3.63) is 17.9 Å². The van der Waals surface area contributed by atoms with Crippen LogP contribution in [-0.4, -0.2) is 29.9 Å². The molecule has 0 saturated heterocycles. The Hall–Kier alpha value is -0.940. The Morgan fingerprint density at radius 1 is 1.67 bits per heavy atom. The van der Waals surface area contributed by atoms with Gasteiger partial charge >= 0.3 is 0 Å². The molecule has 1 rings (SSSR count). The predicted molar refractivity (Wildman–Crippen MR) is 59.1 cm³/mol. The quantitative estimate of drug-likeness (QED) is 0.751. The highest BCUT2D eigenvalue weighted by molar-refractivity contribution is 7.98. The summed E-state index contributed by atoms with van der Waals surface area (Å²) in [7, 11) is 0. The van der Waals surface area contributed by atoms with Crippen molar-refractivity contribution in [2.45, 2.75) is 24.5 Å². The lowest BCUT2D eigenvalue weighted by Gasteiger charge is -2.12. The fourth-order valence-electron chi connectivity index (χ4n) is 1.09. The lowest BCUT2D eigenvalue weighted by molar-refractivity contribution is 0.0882. The standard InChI is InChI=1S/C10H15NO3S/c1-3-7(6-12)11-10(13)8-4-5-9(14-8)15-2/h4-5,7,12H,3,6H2,1-2H3,(H,11,13). The number of amides is 1. The molecule has 0 spiro atoms. The first-order chi connectivity index (χ1) is 7.21. The fourth-order valence-corrected chi connectivity index (χ4v) is 1.46. The molecule has 84 valence electrons. The smallest absolute Gasteiger partial charge is 0.287 e. The monoisotopic (exact) mass is 229 g/mol. The molecule has 1 atom stereocenters. The molecule has 1 unspecified atom stereocenters. The molecule has 5 heteroatoms. The van der Waals surface area contributed by atoms with E-state index in [2.05, 4.69) is 5.32 Å². The van der Waals surface area contributed by atoms with Gasteiger partial charge in [0.25, 0.3) is 5.91 Å². The van der Waals surface area contributed by atoms with Gasteiger partial charge in [-0.1, -0.05) is 18.7 Å². The highest BCUT2D eigenvalue weighted by atomic mass is 32.2. The Morgan fingerprint density at radius 2 is 2.40 bits per heavy atom. The van der Waals surface area contributed by atoms with Crippen LogP contribution in [0, 0.1) is 0 Å². The highest BCUT2D eigenvalue weighted by Crippen LogP contribution is 2.17. The Morgan fingerprint density at radius 3 is 2.87 bits per heavy atom. The van der Waals surface area contributed by atoms with Gasteiger partial charge < -0.3 is 14.8 Å². The van der Waals surface area contributed by atoms with Crippen LogP contribution in [-0.2, 0) is 0 Å². The lowest BCUT2D eigenvalue weighted by atomic mass is 10.2. The molecular formula is C10H15NO3S. The van der Waals surface area contributed by atoms with Crippen molar-refractivity contribution in [3.63, 3.8) is 0 Å². The summed E-state index contributed by atoms with van der Waals surface area (Å²) >= 11 is 1.44. The summed E-state index contributed by atoms with van der Waals surface area (Å²) in [6, 6.07) is 3.17. The molecule has 4 nitrogen and oxygen atoms in total. The van der Waals surface area contributed by atoms with Crippen LogP contribution in [0.4, 0.5) is 0 Å². The van der Waals surface area contributed by atoms with Gasteiger partial charge in [0.15, 0.2) is 10.9 Å². The molecule has 1 amide bonds. The van der Waals surface area contributed by atoms with E-state index in [4.69, 9.17) is 9.52 Å². The fraction of sp³-hybridized carbons (Fsp3) is 0.500. The molecule has 0 radical (unpaired) electrons. The van der Waals surface area contributed by atoms with E-state index in [1.165, 1.54) is 11.8 Å². The number of rotatable bonds is 5. The summed E-state index contributed by atoms with van der Waals surface area (Å²) < 4.78 is 5.25. The molecule has 1 aromatic heterocycles. The molecule has 0 aliphatic heterocycles. The zero-order valence-corrected chi connectivity index (χ0v) is 9.63. The summed E-state index contributed by atoms with van der Waals surface area (Å²) in [5.74, 6) is 0.00227. The Labute approximate surface area is 93.0 Å². The van der Waals surface area contributed by atoms with Crippen molar-refractivity contribution in [2.75, 3.05) is 12.9 Å². The third-order valence-electron chi connectivity index (χ3n) is 2.05. The molecule has 0 saturated carbocycles. The van der Waals surface area contributed by atoms with E-state index in [1.54, 1.807) is 12.1 Å². The zero-order valence-electron chi connectivity index (χ0n) is 8.82. The van der Waals surface area contributed by atoms with Crippen LogP contribution in [0.25, 0.3) is 0 Å². The summed E-state index contributed by atoms with van der Waals surface area (Å²) in [5.41, 5.74) is 0. The molecule has 1 aromatic rings. The molecule has 0 bridgehead atoms.